The fourth-order valence-electron chi connectivity index (χ4n) is 2.77. The van der Waals surface area contributed by atoms with E-state index in [0.29, 0.717) is 38.7 Å². The largest absolute Gasteiger partial charge is 0.495 e. The average Bonchev–Trinajstić information content (AvgIpc) is 3.15. The molecule has 3 aromatic rings. The number of nitrogens with one attached hydrogen (secondary N) is 3. The summed E-state index contributed by atoms with van der Waals surface area (Å²) in [5, 5.41) is 9.78. The van der Waals surface area contributed by atoms with Crippen LogP contribution < -0.4 is 25.4 Å². The van der Waals surface area contributed by atoms with Gasteiger partial charge in [0, 0.05) is 30.7 Å². The molecule has 0 unspecified atom stereocenters. The first-order chi connectivity index (χ1) is 14.4. The van der Waals surface area contributed by atoms with Gasteiger partial charge >= 0.3 is 0 Å². The molecule has 7 nitrogen and oxygen atoms in total. The number of hydrogen-bond acceptors (Lipinski definition) is 4. The van der Waals surface area contributed by atoms with Crippen molar-refractivity contribution < 1.29 is 14.3 Å². The molecule has 30 heavy (non-hydrogen) atoms. The van der Waals surface area contributed by atoms with Crippen molar-refractivity contribution in [3.8, 4) is 11.5 Å². The highest BCUT2D eigenvalue weighted by Crippen LogP contribution is 2.36. The van der Waals surface area contributed by atoms with Crippen LogP contribution in [0.15, 0.2) is 54.7 Å². The molecule has 0 aliphatic carbocycles. The molecule has 0 saturated heterocycles. The van der Waals surface area contributed by atoms with Gasteiger partial charge in [-0.15, -0.1) is 0 Å². The van der Waals surface area contributed by atoms with Crippen LogP contribution >= 0.6 is 23.8 Å². The number of anilines is 3. The average molecular weight is 445 g/mol. The van der Waals surface area contributed by atoms with E-state index in [4.69, 9.17) is 33.3 Å². The quantitative estimate of drug-likeness (QED) is 0.476. The molecule has 0 spiro atoms. The number of thiocarbonyl (C=S) groups is 1. The summed E-state index contributed by atoms with van der Waals surface area (Å²) >= 11 is 11.6. The van der Waals surface area contributed by atoms with Crippen LogP contribution in [-0.2, 0) is 7.05 Å². The van der Waals surface area contributed by atoms with Crippen molar-refractivity contribution >= 4 is 51.9 Å². The van der Waals surface area contributed by atoms with Crippen LogP contribution in [0.25, 0.3) is 0 Å². The number of carbonyl (C=O) groups excluding carboxylic acids is 1. The van der Waals surface area contributed by atoms with Crippen LogP contribution in [0, 0.1) is 0 Å². The maximum atomic E-state index is 12.3. The number of benzene rings is 2. The maximum absolute atomic E-state index is 12.3. The SMILES string of the molecule is COc1cc(OC)c(NC(=S)Nc2ccc(NC(=O)c3cccn3C)cc2)cc1Cl. The van der Waals surface area contributed by atoms with Crippen molar-refractivity contribution in [2.45, 2.75) is 0 Å². The molecule has 0 aliphatic rings. The Morgan fingerprint density at radius 1 is 0.967 bits per heavy atom. The molecular formula is C21H21ClN4O3S. The third-order valence-corrected chi connectivity index (χ3v) is 4.80. The fraction of sp³-hybridized carbons (Fsp3) is 0.143. The molecule has 0 saturated carbocycles. The number of halogens is 1. The third kappa shape index (κ3) is 5.03. The molecule has 3 rings (SSSR count). The molecular weight excluding hydrogens is 424 g/mol. The Kier molecular flexibility index (Phi) is 6.81. The number of amides is 1. The molecule has 156 valence electrons. The molecule has 9 heteroatoms. The smallest absolute Gasteiger partial charge is 0.272 e. The zero-order valence-corrected chi connectivity index (χ0v) is 18.2. The Hall–Kier alpha value is -3.23. The first kappa shape index (κ1) is 21.5. The lowest BCUT2D eigenvalue weighted by Crippen LogP contribution is -2.19. The lowest BCUT2D eigenvalue weighted by molar-refractivity contribution is 0.101. The molecule has 2 aromatic carbocycles. The molecule has 1 aromatic heterocycles. The zero-order valence-electron chi connectivity index (χ0n) is 16.7. The summed E-state index contributed by atoms with van der Waals surface area (Å²) < 4.78 is 12.3. The number of nitrogens with zero attached hydrogens (tertiary/aromatic N) is 1. The second-order valence-electron chi connectivity index (χ2n) is 6.30. The van der Waals surface area contributed by atoms with E-state index in [1.807, 2.05) is 31.4 Å². The Balaban J connectivity index is 1.63. The van der Waals surface area contributed by atoms with Crippen LogP contribution in [0.3, 0.4) is 0 Å². The summed E-state index contributed by atoms with van der Waals surface area (Å²) in [7, 11) is 4.90. The second kappa shape index (κ2) is 9.51. The number of ether oxygens (including phenoxy) is 2. The molecule has 3 N–H and O–H groups in total. The predicted octanol–water partition coefficient (Wildman–Crippen LogP) is 4.76. The van der Waals surface area contributed by atoms with Gasteiger partial charge in [-0.2, -0.15) is 0 Å². The highest BCUT2D eigenvalue weighted by Gasteiger charge is 2.12. The van der Waals surface area contributed by atoms with Crippen LogP contribution in [0.1, 0.15) is 10.5 Å². The van der Waals surface area contributed by atoms with E-state index in [-0.39, 0.29) is 5.91 Å². The van der Waals surface area contributed by atoms with Crippen molar-refractivity contribution in [3.05, 3.63) is 65.4 Å². The minimum atomic E-state index is -0.177. The van der Waals surface area contributed by atoms with Crippen LogP contribution in [0.5, 0.6) is 11.5 Å². The number of hydrogen-bond donors (Lipinski definition) is 3. The lowest BCUT2D eigenvalue weighted by atomic mass is 10.2. The number of aromatic nitrogens is 1. The molecule has 0 aliphatic heterocycles. The van der Waals surface area contributed by atoms with Gasteiger partial charge in [0.05, 0.1) is 24.9 Å². The van der Waals surface area contributed by atoms with Crippen LogP contribution in [0.4, 0.5) is 17.1 Å². The van der Waals surface area contributed by atoms with Gasteiger partial charge < -0.3 is 30.0 Å². The first-order valence-electron chi connectivity index (χ1n) is 8.93. The second-order valence-corrected chi connectivity index (χ2v) is 7.12. The van der Waals surface area contributed by atoms with E-state index in [1.54, 1.807) is 42.0 Å². The van der Waals surface area contributed by atoms with Gasteiger partial charge in [-0.05, 0) is 54.7 Å². The van der Waals surface area contributed by atoms with E-state index in [1.165, 1.54) is 7.11 Å². The molecule has 0 bridgehead atoms. The third-order valence-electron chi connectivity index (χ3n) is 4.30. The van der Waals surface area contributed by atoms with Crippen LogP contribution in [0.2, 0.25) is 5.02 Å². The number of rotatable bonds is 6. The molecule has 0 fully saturated rings. The molecule has 1 heterocycles. The van der Waals surface area contributed by atoms with Gasteiger partial charge in [0.2, 0.25) is 0 Å². The fourth-order valence-corrected chi connectivity index (χ4v) is 3.24. The Labute approximate surface area is 184 Å². The minimum Gasteiger partial charge on any atom is -0.495 e. The van der Waals surface area contributed by atoms with Crippen molar-refractivity contribution in [2.75, 3.05) is 30.2 Å². The zero-order chi connectivity index (χ0) is 21.7. The van der Waals surface area contributed by atoms with E-state index in [0.717, 1.165) is 5.69 Å². The predicted molar refractivity (Wildman–Crippen MR) is 124 cm³/mol. The topological polar surface area (TPSA) is 76.6 Å². The summed E-state index contributed by atoms with van der Waals surface area (Å²) in [6.45, 7) is 0. The van der Waals surface area contributed by atoms with E-state index in [9.17, 15) is 4.79 Å². The lowest BCUT2D eigenvalue weighted by Gasteiger charge is -2.15. The molecule has 0 radical (unpaired) electrons. The number of methoxy groups -OCH3 is 2. The van der Waals surface area contributed by atoms with Crippen molar-refractivity contribution in [3.63, 3.8) is 0 Å². The van der Waals surface area contributed by atoms with Gasteiger partial charge in [-0.25, -0.2) is 0 Å². The standard InChI is InChI=1S/C21H21ClN4O3S/c1-26-10-4-5-17(26)20(27)23-13-6-8-14(9-7-13)24-21(30)25-16-11-15(22)18(28-2)12-19(16)29-3/h4-12H,1-3H3,(H,23,27)(H2,24,25,30). The van der Waals surface area contributed by atoms with Crippen molar-refractivity contribution in [1.29, 1.82) is 0 Å². The van der Waals surface area contributed by atoms with Gasteiger partial charge in [-0.1, -0.05) is 11.6 Å². The van der Waals surface area contributed by atoms with Crippen molar-refractivity contribution in [2.24, 2.45) is 7.05 Å². The van der Waals surface area contributed by atoms with Gasteiger partial charge in [0.15, 0.2) is 5.11 Å². The van der Waals surface area contributed by atoms with Gasteiger partial charge in [-0.3, -0.25) is 4.79 Å². The maximum Gasteiger partial charge on any atom is 0.272 e. The van der Waals surface area contributed by atoms with E-state index < -0.39 is 0 Å². The van der Waals surface area contributed by atoms with Gasteiger partial charge in [0.1, 0.15) is 17.2 Å². The first-order valence-corrected chi connectivity index (χ1v) is 9.72. The Morgan fingerprint density at radius 3 is 2.17 bits per heavy atom. The van der Waals surface area contributed by atoms with E-state index >= 15 is 0 Å². The summed E-state index contributed by atoms with van der Waals surface area (Å²) in [4.78, 5) is 12.3. The summed E-state index contributed by atoms with van der Waals surface area (Å²) in [5.74, 6) is 0.869. The summed E-state index contributed by atoms with van der Waals surface area (Å²) in [6, 6.07) is 14.1. The highest BCUT2D eigenvalue weighted by atomic mass is 35.5. The van der Waals surface area contributed by atoms with E-state index in [2.05, 4.69) is 16.0 Å². The van der Waals surface area contributed by atoms with Gasteiger partial charge in [0.25, 0.3) is 5.91 Å². The summed E-state index contributed by atoms with van der Waals surface area (Å²) in [5.41, 5.74) is 2.61. The molecule has 0 atom stereocenters. The highest BCUT2D eigenvalue weighted by molar-refractivity contribution is 7.80. The van der Waals surface area contributed by atoms with Crippen molar-refractivity contribution in [1.82, 2.24) is 4.57 Å². The number of aryl methyl sites for hydroxylation is 1. The monoisotopic (exact) mass is 444 g/mol. The minimum absolute atomic E-state index is 0.177. The number of carbonyl (C=O) groups is 1. The molecule has 1 amide bonds. The normalized spacial score (nSPS) is 10.3. The van der Waals surface area contributed by atoms with Crippen LogP contribution in [-0.4, -0.2) is 29.8 Å². The summed E-state index contributed by atoms with van der Waals surface area (Å²) in [6.07, 6.45) is 1.82. The Bertz CT molecular complexity index is 1070. The Morgan fingerprint density at radius 2 is 1.60 bits per heavy atom.